The van der Waals surface area contributed by atoms with E-state index in [1.54, 1.807) is 6.20 Å². The number of aromatic nitrogens is 4. The molecule has 1 amide bonds. The van der Waals surface area contributed by atoms with E-state index in [0.29, 0.717) is 41.9 Å². The zero-order valence-corrected chi connectivity index (χ0v) is 19.8. The minimum atomic E-state index is -4.51. The number of nitrogens with one attached hydrogen (secondary N) is 2. The van der Waals surface area contributed by atoms with Crippen LogP contribution in [0.25, 0.3) is 22.3 Å². The molecule has 3 aromatic rings. The van der Waals surface area contributed by atoms with Crippen molar-refractivity contribution in [3.63, 3.8) is 0 Å². The highest BCUT2D eigenvalue weighted by molar-refractivity contribution is 5.95. The van der Waals surface area contributed by atoms with Crippen LogP contribution in [0.5, 0.6) is 0 Å². The van der Waals surface area contributed by atoms with Gasteiger partial charge in [-0.15, -0.1) is 0 Å². The molecule has 1 saturated heterocycles. The minimum Gasteiger partial charge on any atom is -0.396 e. The number of halogens is 3. The zero-order valence-electron chi connectivity index (χ0n) is 19.8. The molecule has 192 valence electrons. The third kappa shape index (κ3) is 4.69. The number of likely N-dealkylation sites (tertiary alicyclic amines) is 1. The van der Waals surface area contributed by atoms with E-state index in [2.05, 4.69) is 25.3 Å². The van der Waals surface area contributed by atoms with Crippen molar-refractivity contribution < 1.29 is 18.0 Å². The van der Waals surface area contributed by atoms with E-state index in [9.17, 15) is 18.0 Å². The number of aromatic amines is 1. The largest absolute Gasteiger partial charge is 0.417 e. The van der Waals surface area contributed by atoms with Crippen molar-refractivity contribution >= 4 is 28.6 Å². The topological polar surface area (TPSA) is 139 Å². The summed E-state index contributed by atoms with van der Waals surface area (Å²) in [6.45, 7) is 3.45. The number of rotatable bonds is 5. The second-order valence-electron chi connectivity index (χ2n) is 9.84. The van der Waals surface area contributed by atoms with Gasteiger partial charge in [0.1, 0.15) is 11.3 Å². The molecule has 2 fully saturated rings. The molecular weight excluding hydrogens is 473 g/mol. The van der Waals surface area contributed by atoms with E-state index in [1.807, 2.05) is 11.8 Å². The number of amides is 1. The fourth-order valence-electron chi connectivity index (χ4n) is 5.09. The summed E-state index contributed by atoms with van der Waals surface area (Å²) in [4.78, 5) is 30.1. The molecular formula is C24H29F3N8O. The van der Waals surface area contributed by atoms with Gasteiger partial charge in [0, 0.05) is 54.4 Å². The lowest BCUT2D eigenvalue weighted by Gasteiger charge is -2.40. The standard InChI is InChI=1S/C24H29F3N8O/c1-12(13-2-4-35(5-3-13)22(36)14-6-16(28)7-14)33-23-32-11-19(29)20(34-23)18-10-31-21-17(18)8-15(9-30-21)24(25,26)27/h8-14,16H,2-7,28-29H2,1H3,(H,30,31)(H,32,33,34)/t12-,14?,16?/m1/s1. The number of carbonyl (C=O) groups excluding carboxylic acids is 1. The molecule has 9 nitrogen and oxygen atoms in total. The van der Waals surface area contributed by atoms with Gasteiger partial charge in [-0.3, -0.25) is 4.79 Å². The van der Waals surface area contributed by atoms with Gasteiger partial charge in [-0.2, -0.15) is 13.2 Å². The van der Waals surface area contributed by atoms with Crippen molar-refractivity contribution in [1.29, 1.82) is 0 Å². The average molecular weight is 503 g/mol. The summed E-state index contributed by atoms with van der Waals surface area (Å²) in [7, 11) is 0. The summed E-state index contributed by atoms with van der Waals surface area (Å²) in [5.74, 6) is 0.932. The van der Waals surface area contributed by atoms with E-state index in [0.717, 1.165) is 37.9 Å². The van der Waals surface area contributed by atoms with Crippen LogP contribution in [-0.4, -0.2) is 55.9 Å². The summed E-state index contributed by atoms with van der Waals surface area (Å²) in [5.41, 5.74) is 12.4. The minimum absolute atomic E-state index is 0.0253. The maximum absolute atomic E-state index is 13.2. The number of anilines is 2. The normalized spacial score (nSPS) is 21.9. The Bertz CT molecular complexity index is 1260. The van der Waals surface area contributed by atoms with Crippen LogP contribution in [0, 0.1) is 11.8 Å². The van der Waals surface area contributed by atoms with Crippen LogP contribution in [0.4, 0.5) is 24.8 Å². The smallest absolute Gasteiger partial charge is 0.396 e. The van der Waals surface area contributed by atoms with Gasteiger partial charge < -0.3 is 26.7 Å². The molecule has 1 aliphatic carbocycles. The van der Waals surface area contributed by atoms with Gasteiger partial charge in [-0.05, 0) is 44.6 Å². The second-order valence-corrected chi connectivity index (χ2v) is 9.84. The Labute approximate surface area is 205 Å². The first-order valence-electron chi connectivity index (χ1n) is 12.1. The van der Waals surface area contributed by atoms with Crippen LogP contribution in [0.2, 0.25) is 0 Å². The number of hydrogen-bond donors (Lipinski definition) is 4. The lowest BCUT2D eigenvalue weighted by molar-refractivity contribution is -0.140. The number of nitrogens with two attached hydrogens (primary N) is 2. The third-order valence-corrected chi connectivity index (χ3v) is 7.37. The van der Waals surface area contributed by atoms with Crippen LogP contribution in [-0.2, 0) is 11.0 Å². The molecule has 0 radical (unpaired) electrons. The molecule has 0 aromatic carbocycles. The molecule has 2 aliphatic rings. The van der Waals surface area contributed by atoms with E-state index in [4.69, 9.17) is 11.5 Å². The quantitative estimate of drug-likeness (QED) is 0.419. The van der Waals surface area contributed by atoms with Crippen LogP contribution >= 0.6 is 0 Å². The fraction of sp³-hybridized carbons (Fsp3) is 0.500. The SMILES string of the molecule is C[C@@H](Nc1ncc(N)c(-c2c[nH]c3ncc(C(F)(F)F)cc23)n1)C1CCN(C(=O)C2CC(N)C2)CC1. The Hall–Kier alpha value is -3.41. The van der Waals surface area contributed by atoms with Crippen molar-refractivity contribution in [2.75, 3.05) is 24.1 Å². The number of fused-ring (bicyclic) bond motifs is 1. The highest BCUT2D eigenvalue weighted by Crippen LogP contribution is 2.36. The number of carbonyl (C=O) groups is 1. The van der Waals surface area contributed by atoms with Gasteiger partial charge in [0.05, 0.1) is 17.4 Å². The Morgan fingerprint density at radius 3 is 2.61 bits per heavy atom. The summed E-state index contributed by atoms with van der Waals surface area (Å²) in [5, 5.41) is 3.59. The molecule has 1 saturated carbocycles. The van der Waals surface area contributed by atoms with Gasteiger partial charge in [-0.25, -0.2) is 15.0 Å². The predicted octanol–water partition coefficient (Wildman–Crippen LogP) is 3.40. The van der Waals surface area contributed by atoms with Gasteiger partial charge in [0.15, 0.2) is 0 Å². The molecule has 0 bridgehead atoms. The molecule has 3 aromatic heterocycles. The highest BCUT2D eigenvalue weighted by Gasteiger charge is 2.36. The van der Waals surface area contributed by atoms with E-state index >= 15 is 0 Å². The molecule has 0 unspecified atom stereocenters. The third-order valence-electron chi connectivity index (χ3n) is 7.37. The van der Waals surface area contributed by atoms with Gasteiger partial charge >= 0.3 is 6.18 Å². The Morgan fingerprint density at radius 2 is 1.94 bits per heavy atom. The van der Waals surface area contributed by atoms with E-state index in [-0.39, 0.29) is 35.0 Å². The molecule has 0 spiro atoms. The highest BCUT2D eigenvalue weighted by atomic mass is 19.4. The number of nitrogens with zero attached hydrogens (tertiary/aromatic N) is 4. The average Bonchev–Trinajstić information content (AvgIpc) is 3.25. The van der Waals surface area contributed by atoms with Crippen LogP contribution < -0.4 is 16.8 Å². The summed E-state index contributed by atoms with van der Waals surface area (Å²) in [6, 6.07) is 1.22. The molecule has 36 heavy (non-hydrogen) atoms. The second kappa shape index (κ2) is 9.23. The van der Waals surface area contributed by atoms with Gasteiger partial charge in [0.2, 0.25) is 11.9 Å². The first kappa shape index (κ1) is 24.3. The van der Waals surface area contributed by atoms with Crippen LogP contribution in [0.1, 0.15) is 38.2 Å². The van der Waals surface area contributed by atoms with Gasteiger partial charge in [0.25, 0.3) is 0 Å². The fourth-order valence-corrected chi connectivity index (χ4v) is 5.09. The van der Waals surface area contributed by atoms with E-state index in [1.165, 1.54) is 6.20 Å². The number of alkyl halides is 3. The van der Waals surface area contributed by atoms with E-state index < -0.39 is 11.7 Å². The maximum atomic E-state index is 13.2. The molecule has 5 rings (SSSR count). The zero-order chi connectivity index (χ0) is 25.6. The summed E-state index contributed by atoms with van der Waals surface area (Å²) >= 11 is 0. The first-order chi connectivity index (χ1) is 17.1. The van der Waals surface area contributed by atoms with Crippen molar-refractivity contribution in [2.45, 2.75) is 50.9 Å². The number of nitrogen functional groups attached to an aromatic ring is 1. The summed E-state index contributed by atoms with van der Waals surface area (Å²) in [6.07, 6.45) is 2.53. The Kier molecular flexibility index (Phi) is 6.23. The van der Waals surface area contributed by atoms with Crippen molar-refractivity contribution in [1.82, 2.24) is 24.8 Å². The molecule has 12 heteroatoms. The number of H-pyrrole nitrogens is 1. The number of piperidine rings is 1. The molecule has 1 aliphatic heterocycles. The van der Waals surface area contributed by atoms with Crippen LogP contribution in [0.3, 0.4) is 0 Å². The number of pyridine rings is 1. The first-order valence-corrected chi connectivity index (χ1v) is 12.1. The number of hydrogen-bond acceptors (Lipinski definition) is 7. The lowest BCUT2D eigenvalue weighted by Crippen LogP contribution is -2.49. The molecule has 1 atom stereocenters. The Morgan fingerprint density at radius 1 is 1.22 bits per heavy atom. The Balaban J connectivity index is 1.28. The lowest BCUT2D eigenvalue weighted by atomic mass is 9.79. The predicted molar refractivity (Wildman–Crippen MR) is 130 cm³/mol. The van der Waals surface area contributed by atoms with Crippen LogP contribution in [0.15, 0.2) is 24.7 Å². The summed E-state index contributed by atoms with van der Waals surface area (Å²) < 4.78 is 39.7. The van der Waals surface area contributed by atoms with Gasteiger partial charge in [-0.1, -0.05) is 0 Å². The molecule has 4 heterocycles. The monoisotopic (exact) mass is 502 g/mol. The van der Waals surface area contributed by atoms with Crippen molar-refractivity contribution in [3.05, 3.63) is 30.2 Å². The molecule has 6 N–H and O–H groups in total. The van der Waals surface area contributed by atoms with Crippen molar-refractivity contribution in [2.24, 2.45) is 17.6 Å². The maximum Gasteiger partial charge on any atom is 0.417 e. The van der Waals surface area contributed by atoms with Crippen molar-refractivity contribution in [3.8, 4) is 11.3 Å².